The zero-order valence-corrected chi connectivity index (χ0v) is 22.7. The molecule has 4 aromatic rings. The summed E-state index contributed by atoms with van der Waals surface area (Å²) in [6.07, 6.45) is 4.13. The van der Waals surface area contributed by atoms with Crippen molar-refractivity contribution in [3.63, 3.8) is 0 Å². The van der Waals surface area contributed by atoms with Gasteiger partial charge in [0.25, 0.3) is 0 Å². The highest BCUT2D eigenvalue weighted by molar-refractivity contribution is 5.91. The first kappa shape index (κ1) is 28.6. The van der Waals surface area contributed by atoms with Crippen LogP contribution in [0.1, 0.15) is 55.4 Å². The number of likely N-dealkylation sites (tertiary alicyclic amines) is 1. The fourth-order valence-electron chi connectivity index (χ4n) is 6.66. The molecule has 1 aliphatic heterocycles. The van der Waals surface area contributed by atoms with Crippen molar-refractivity contribution in [1.29, 1.82) is 0 Å². The second-order valence-corrected chi connectivity index (χ2v) is 10.7. The number of hydrogen-bond donors (Lipinski definition) is 1. The van der Waals surface area contributed by atoms with Crippen molar-refractivity contribution in [1.82, 2.24) is 9.88 Å². The van der Waals surface area contributed by atoms with E-state index in [9.17, 15) is 14.3 Å². The van der Waals surface area contributed by atoms with Gasteiger partial charge in [-0.05, 0) is 98.2 Å². The first-order valence-electron chi connectivity index (χ1n) is 13.9. The van der Waals surface area contributed by atoms with E-state index in [1.807, 2.05) is 6.92 Å². The number of nitrogens with zero attached hydrogens (tertiary/aromatic N) is 2. The van der Waals surface area contributed by atoms with Gasteiger partial charge in [-0.3, -0.25) is 4.90 Å². The van der Waals surface area contributed by atoms with Crippen LogP contribution >= 0.6 is 0 Å². The summed E-state index contributed by atoms with van der Waals surface area (Å²) in [5, 5.41) is 9.27. The topological polar surface area (TPSA) is 85.0 Å². The Morgan fingerprint density at radius 2 is 1.88 bits per heavy atom. The van der Waals surface area contributed by atoms with E-state index in [4.69, 9.17) is 13.9 Å². The Bertz CT molecular complexity index is 1530. The monoisotopic (exact) mass is 560 g/mol. The molecule has 2 heterocycles. The van der Waals surface area contributed by atoms with Crippen LogP contribution in [0.2, 0.25) is 0 Å². The molecule has 1 aliphatic carbocycles. The number of halogens is 1. The van der Waals surface area contributed by atoms with E-state index in [2.05, 4.69) is 22.0 Å². The van der Waals surface area contributed by atoms with E-state index >= 15 is 0 Å². The highest BCUT2D eigenvalue weighted by atomic mass is 19.1. The summed E-state index contributed by atoms with van der Waals surface area (Å²) >= 11 is 0. The number of carboxylic acids is 1. The summed E-state index contributed by atoms with van der Waals surface area (Å²) in [5.41, 5.74) is 4.25. The van der Waals surface area contributed by atoms with Crippen LogP contribution < -0.4 is 9.47 Å². The summed E-state index contributed by atoms with van der Waals surface area (Å²) in [5.74, 6) is 1.94. The molecule has 1 N–H and O–H groups in total. The fourth-order valence-corrected chi connectivity index (χ4v) is 6.66. The number of carboxylic acid groups (broad SMARTS) is 1. The van der Waals surface area contributed by atoms with Gasteiger partial charge < -0.3 is 19.0 Å². The third-order valence-electron chi connectivity index (χ3n) is 8.43. The van der Waals surface area contributed by atoms with Crippen LogP contribution in [0, 0.1) is 17.7 Å². The molecule has 2 fully saturated rings. The molecular weight excluding hydrogens is 523 g/mol. The predicted octanol–water partition coefficient (Wildman–Crippen LogP) is 7.22. The number of rotatable bonds is 9. The molecule has 0 amide bonds. The Morgan fingerprint density at radius 1 is 1.10 bits per heavy atom. The van der Waals surface area contributed by atoms with Crippen molar-refractivity contribution in [3.05, 3.63) is 77.4 Å². The molecule has 7 nitrogen and oxygen atoms in total. The minimum absolute atomic E-state index is 0. The molecule has 3 aromatic carbocycles. The quantitative estimate of drug-likeness (QED) is 0.231. The summed E-state index contributed by atoms with van der Waals surface area (Å²) in [7, 11) is 1.66. The lowest BCUT2D eigenvalue weighted by molar-refractivity contribution is 0.0697. The van der Waals surface area contributed by atoms with E-state index in [1.54, 1.807) is 37.4 Å². The zero-order valence-electron chi connectivity index (χ0n) is 22.7. The number of aromatic nitrogens is 1. The summed E-state index contributed by atoms with van der Waals surface area (Å²) in [4.78, 5) is 18.5. The lowest BCUT2D eigenvalue weighted by Crippen LogP contribution is -2.30. The third-order valence-corrected chi connectivity index (χ3v) is 8.43. The van der Waals surface area contributed by atoms with Crippen LogP contribution in [0.15, 0.2) is 59.0 Å². The fraction of sp³-hybridized carbons (Fsp3) is 0.394. The average molecular weight is 561 g/mol. The molecule has 41 heavy (non-hydrogen) atoms. The molecule has 1 aromatic heterocycles. The predicted molar refractivity (Wildman–Crippen MR) is 156 cm³/mol. The number of fused-ring (bicyclic) bond motifs is 2. The maximum absolute atomic E-state index is 13.6. The van der Waals surface area contributed by atoms with Crippen LogP contribution in [-0.4, -0.2) is 47.3 Å². The van der Waals surface area contributed by atoms with Crippen LogP contribution in [0.3, 0.4) is 0 Å². The van der Waals surface area contributed by atoms with Gasteiger partial charge in [0, 0.05) is 19.0 Å². The SMILES string of the molecule is C.CCOc1cc(CN2CC[C@H]3C(Cc4nc5ccc(C(=O)O)cc5o4)CC[C@H]32)cc(OC)c1-c1ccc(F)cc1. The van der Waals surface area contributed by atoms with Crippen LogP contribution in [0.5, 0.6) is 11.5 Å². The van der Waals surface area contributed by atoms with E-state index < -0.39 is 5.97 Å². The molecular formula is C33H37FN2O5. The van der Waals surface area contributed by atoms with E-state index in [1.165, 1.54) is 12.1 Å². The maximum atomic E-state index is 13.6. The van der Waals surface area contributed by atoms with Crippen molar-refractivity contribution in [2.24, 2.45) is 11.8 Å². The molecule has 8 heteroatoms. The number of oxazole rings is 1. The molecule has 0 spiro atoms. The molecule has 6 rings (SSSR count). The molecule has 3 atom stereocenters. The number of ether oxygens (including phenoxy) is 2. The third kappa shape index (κ3) is 5.66. The van der Waals surface area contributed by atoms with E-state index in [0.717, 1.165) is 67.0 Å². The zero-order chi connectivity index (χ0) is 27.8. The highest BCUT2D eigenvalue weighted by Gasteiger charge is 2.44. The van der Waals surface area contributed by atoms with Crippen molar-refractivity contribution in [3.8, 4) is 22.6 Å². The van der Waals surface area contributed by atoms with E-state index in [-0.39, 0.29) is 18.8 Å². The molecule has 0 bridgehead atoms. The second-order valence-electron chi connectivity index (χ2n) is 10.7. The second kappa shape index (κ2) is 11.9. The molecule has 1 unspecified atom stereocenters. The van der Waals surface area contributed by atoms with Crippen LogP contribution in [0.25, 0.3) is 22.2 Å². The number of carbonyl (C=O) groups is 1. The molecule has 1 saturated carbocycles. The summed E-state index contributed by atoms with van der Waals surface area (Å²) in [6, 6.07) is 15.9. The van der Waals surface area contributed by atoms with Crippen LogP contribution in [-0.2, 0) is 13.0 Å². The average Bonchev–Trinajstić information content (AvgIpc) is 3.65. The van der Waals surface area contributed by atoms with Gasteiger partial charge in [-0.15, -0.1) is 0 Å². The van der Waals surface area contributed by atoms with Gasteiger partial charge in [-0.2, -0.15) is 0 Å². The van der Waals surface area contributed by atoms with Gasteiger partial charge in [0.05, 0.1) is 24.8 Å². The normalized spacial score (nSPS) is 20.1. The number of hydrogen-bond acceptors (Lipinski definition) is 6. The highest BCUT2D eigenvalue weighted by Crippen LogP contribution is 2.45. The maximum Gasteiger partial charge on any atom is 0.335 e. The first-order valence-corrected chi connectivity index (χ1v) is 13.9. The van der Waals surface area contributed by atoms with Gasteiger partial charge in [-0.25, -0.2) is 14.2 Å². The standard InChI is InChI=1S/C32H33FN2O5.CH4/c1-3-39-29-15-19(14-28(38-2)31(29)20-4-8-23(33)9-5-20)18-35-13-12-24-21(7-11-26(24)35)17-30-34-25-10-6-22(32(36)37)16-27(25)40-30;/h4-6,8-10,14-16,21,24,26H,3,7,11-13,17-18H2,1-2H3,(H,36,37);1H4/t21?,24-,26+;/m0./s1. The van der Waals surface area contributed by atoms with Crippen molar-refractivity contribution in [2.45, 2.75) is 52.6 Å². The molecule has 0 radical (unpaired) electrons. The van der Waals surface area contributed by atoms with Gasteiger partial charge in [-0.1, -0.05) is 19.6 Å². The Balaban J connectivity index is 0.00000337. The van der Waals surface area contributed by atoms with Crippen molar-refractivity contribution in [2.75, 3.05) is 20.3 Å². The van der Waals surface area contributed by atoms with Gasteiger partial charge in [0.2, 0.25) is 0 Å². The van der Waals surface area contributed by atoms with Gasteiger partial charge >= 0.3 is 5.97 Å². The Kier molecular flexibility index (Phi) is 8.31. The lowest BCUT2D eigenvalue weighted by atomic mass is 9.90. The van der Waals surface area contributed by atoms with Gasteiger partial charge in [0.1, 0.15) is 22.8 Å². The number of benzene rings is 3. The van der Waals surface area contributed by atoms with Gasteiger partial charge in [0.15, 0.2) is 11.5 Å². The molecule has 216 valence electrons. The van der Waals surface area contributed by atoms with E-state index in [0.29, 0.717) is 41.5 Å². The lowest BCUT2D eigenvalue weighted by Gasteiger charge is -2.25. The smallest absolute Gasteiger partial charge is 0.335 e. The number of aromatic carboxylic acids is 1. The Morgan fingerprint density at radius 3 is 2.61 bits per heavy atom. The minimum atomic E-state index is -0.972. The summed E-state index contributed by atoms with van der Waals surface area (Å²) < 4.78 is 31.4. The Hall–Kier alpha value is -3.91. The first-order chi connectivity index (χ1) is 19.4. The minimum Gasteiger partial charge on any atom is -0.496 e. The number of methoxy groups -OCH3 is 1. The summed E-state index contributed by atoms with van der Waals surface area (Å²) in [6.45, 7) is 4.30. The molecule has 1 saturated heterocycles. The van der Waals surface area contributed by atoms with Crippen LogP contribution in [0.4, 0.5) is 4.39 Å². The van der Waals surface area contributed by atoms with Crippen molar-refractivity contribution >= 4 is 17.1 Å². The largest absolute Gasteiger partial charge is 0.496 e. The molecule has 2 aliphatic rings. The van der Waals surface area contributed by atoms with Crippen molar-refractivity contribution < 1.29 is 28.2 Å². The Labute approximate surface area is 239 Å².